The van der Waals surface area contributed by atoms with Gasteiger partial charge in [-0.1, -0.05) is 84.9 Å². The lowest BCUT2D eigenvalue weighted by Crippen LogP contribution is -2.45. The van der Waals surface area contributed by atoms with Crippen LogP contribution in [-0.4, -0.2) is 23.9 Å². The number of alkyl carbamates (subject to hydrolysis) is 1. The van der Waals surface area contributed by atoms with Gasteiger partial charge in [-0.05, 0) is 41.5 Å². The first-order valence-electron chi connectivity index (χ1n) is 11.9. The molecular weight excluding hydrogens is 466 g/mol. The Bertz CT molecular complexity index is 1330. The summed E-state index contributed by atoms with van der Waals surface area (Å²) in [5, 5.41) is 8.34. The van der Waals surface area contributed by atoms with Crippen molar-refractivity contribution in [2.75, 3.05) is 10.6 Å². The summed E-state index contributed by atoms with van der Waals surface area (Å²) >= 11 is 0. The first-order valence-corrected chi connectivity index (χ1v) is 11.9. The molecule has 0 radical (unpaired) electrons. The monoisotopic (exact) mass is 493 g/mol. The number of nitrogens with one attached hydrogen (secondary N) is 3. The lowest BCUT2D eigenvalue weighted by Gasteiger charge is -2.19. The van der Waals surface area contributed by atoms with Crippen LogP contribution in [0.5, 0.6) is 0 Å². The zero-order valence-electron chi connectivity index (χ0n) is 20.1. The summed E-state index contributed by atoms with van der Waals surface area (Å²) in [6.45, 7) is 0.0928. The Kier molecular flexibility index (Phi) is 8.64. The van der Waals surface area contributed by atoms with Crippen molar-refractivity contribution < 1.29 is 19.1 Å². The lowest BCUT2D eigenvalue weighted by molar-refractivity contribution is -0.118. The van der Waals surface area contributed by atoms with E-state index >= 15 is 0 Å². The molecule has 4 aromatic carbocycles. The molecule has 0 heterocycles. The molecule has 0 spiro atoms. The zero-order valence-corrected chi connectivity index (χ0v) is 20.1. The van der Waals surface area contributed by atoms with E-state index in [9.17, 15) is 14.4 Å². The first kappa shape index (κ1) is 25.2. The van der Waals surface area contributed by atoms with E-state index in [-0.39, 0.29) is 18.9 Å². The Morgan fingerprint density at radius 2 is 1.22 bits per heavy atom. The van der Waals surface area contributed by atoms with Crippen molar-refractivity contribution in [2.24, 2.45) is 0 Å². The number of carbonyl (C=O) groups excluding carboxylic acids is 3. The molecule has 4 aromatic rings. The Labute approximate surface area is 215 Å². The van der Waals surface area contributed by atoms with Crippen LogP contribution in [0.1, 0.15) is 21.5 Å². The number of rotatable bonds is 9. The number of anilines is 2. The van der Waals surface area contributed by atoms with Gasteiger partial charge in [0, 0.05) is 23.4 Å². The van der Waals surface area contributed by atoms with Crippen molar-refractivity contribution in [3.8, 4) is 0 Å². The third-order valence-electron chi connectivity index (χ3n) is 5.53. The number of hydrogen-bond donors (Lipinski definition) is 3. The van der Waals surface area contributed by atoms with Crippen LogP contribution in [0.3, 0.4) is 0 Å². The molecule has 186 valence electrons. The van der Waals surface area contributed by atoms with Crippen molar-refractivity contribution in [2.45, 2.75) is 19.1 Å². The molecule has 1 unspecified atom stereocenters. The minimum Gasteiger partial charge on any atom is -0.445 e. The average Bonchev–Trinajstić information content (AvgIpc) is 2.93. The summed E-state index contributed by atoms with van der Waals surface area (Å²) in [5.41, 5.74) is 3.26. The van der Waals surface area contributed by atoms with Crippen molar-refractivity contribution in [3.63, 3.8) is 0 Å². The van der Waals surface area contributed by atoms with E-state index < -0.39 is 18.0 Å². The second-order valence-corrected chi connectivity index (χ2v) is 8.34. The SMILES string of the molecule is O=C(NC(Cc1ccccc1)C(=O)Nc1cccc(NC(=O)c2ccccc2)c1)OCc1ccccc1. The average molecular weight is 494 g/mol. The molecule has 7 heteroatoms. The number of hydrogen-bond acceptors (Lipinski definition) is 4. The standard InChI is InChI=1S/C30H27N3O4/c34-28(24-15-8-3-9-16-24)31-25-17-10-18-26(20-25)32-29(35)27(19-22-11-4-1-5-12-22)33-30(36)37-21-23-13-6-2-7-14-23/h1-18,20,27H,19,21H2,(H,31,34)(H,32,35)(H,33,36). The highest BCUT2D eigenvalue weighted by molar-refractivity contribution is 6.04. The van der Waals surface area contributed by atoms with Gasteiger partial charge in [-0.2, -0.15) is 0 Å². The summed E-state index contributed by atoms with van der Waals surface area (Å²) in [4.78, 5) is 38.2. The Morgan fingerprint density at radius 1 is 0.649 bits per heavy atom. The van der Waals surface area contributed by atoms with Crippen molar-refractivity contribution in [3.05, 3.63) is 132 Å². The van der Waals surface area contributed by atoms with Gasteiger partial charge in [-0.3, -0.25) is 9.59 Å². The van der Waals surface area contributed by atoms with E-state index in [1.165, 1.54) is 0 Å². The zero-order chi connectivity index (χ0) is 25.9. The van der Waals surface area contributed by atoms with E-state index in [0.717, 1.165) is 11.1 Å². The number of ether oxygens (including phenoxy) is 1. The van der Waals surface area contributed by atoms with Crippen LogP contribution < -0.4 is 16.0 Å². The molecule has 0 aliphatic heterocycles. The summed E-state index contributed by atoms with van der Waals surface area (Å²) < 4.78 is 5.32. The smallest absolute Gasteiger partial charge is 0.408 e. The maximum absolute atomic E-state index is 13.2. The van der Waals surface area contributed by atoms with Gasteiger partial charge in [0.05, 0.1) is 0 Å². The fourth-order valence-electron chi connectivity index (χ4n) is 3.66. The molecule has 0 aliphatic rings. The van der Waals surface area contributed by atoms with E-state index in [1.54, 1.807) is 48.5 Å². The van der Waals surface area contributed by atoms with Gasteiger partial charge in [0.15, 0.2) is 0 Å². The Balaban J connectivity index is 1.42. The topological polar surface area (TPSA) is 96.5 Å². The molecule has 0 saturated carbocycles. The second kappa shape index (κ2) is 12.7. The first-order chi connectivity index (χ1) is 18.1. The predicted molar refractivity (Wildman–Crippen MR) is 143 cm³/mol. The Morgan fingerprint density at radius 3 is 1.86 bits per heavy atom. The molecule has 7 nitrogen and oxygen atoms in total. The quantitative estimate of drug-likeness (QED) is 0.290. The molecule has 0 aliphatic carbocycles. The minimum atomic E-state index is -0.881. The summed E-state index contributed by atoms with van der Waals surface area (Å²) in [6.07, 6.45) is -0.416. The van der Waals surface area contributed by atoms with Crippen LogP contribution in [0.25, 0.3) is 0 Å². The number of amides is 3. The lowest BCUT2D eigenvalue weighted by atomic mass is 10.1. The van der Waals surface area contributed by atoms with Gasteiger partial charge < -0.3 is 20.7 Å². The normalized spacial score (nSPS) is 11.1. The van der Waals surface area contributed by atoms with Gasteiger partial charge >= 0.3 is 6.09 Å². The molecule has 3 amide bonds. The van der Waals surface area contributed by atoms with Gasteiger partial charge in [0.25, 0.3) is 5.91 Å². The third-order valence-corrected chi connectivity index (χ3v) is 5.53. The van der Waals surface area contributed by atoms with E-state index in [2.05, 4.69) is 16.0 Å². The molecule has 3 N–H and O–H groups in total. The predicted octanol–water partition coefficient (Wildman–Crippen LogP) is 5.42. The van der Waals surface area contributed by atoms with Crippen molar-refractivity contribution in [1.29, 1.82) is 0 Å². The molecule has 0 bridgehead atoms. The molecule has 0 fully saturated rings. The van der Waals surface area contributed by atoms with Crippen LogP contribution in [0.4, 0.5) is 16.2 Å². The largest absolute Gasteiger partial charge is 0.445 e. The molecule has 0 aromatic heterocycles. The summed E-state index contributed by atoms with van der Waals surface area (Å²) in [6, 6.07) is 33.5. The fraction of sp³-hybridized carbons (Fsp3) is 0.100. The van der Waals surface area contributed by atoms with E-state index in [1.807, 2.05) is 66.7 Å². The molecule has 4 rings (SSSR count). The molecule has 1 atom stereocenters. The van der Waals surface area contributed by atoms with E-state index in [4.69, 9.17) is 4.74 Å². The van der Waals surface area contributed by atoms with Crippen LogP contribution in [0.2, 0.25) is 0 Å². The molecule has 0 saturated heterocycles. The second-order valence-electron chi connectivity index (χ2n) is 8.34. The van der Waals surface area contributed by atoms with Crippen molar-refractivity contribution in [1.82, 2.24) is 5.32 Å². The molecule has 37 heavy (non-hydrogen) atoms. The molecular formula is C30H27N3O4. The highest BCUT2D eigenvalue weighted by atomic mass is 16.5. The van der Waals surface area contributed by atoms with Crippen LogP contribution >= 0.6 is 0 Å². The maximum Gasteiger partial charge on any atom is 0.408 e. The van der Waals surface area contributed by atoms with E-state index in [0.29, 0.717) is 16.9 Å². The van der Waals surface area contributed by atoms with Crippen LogP contribution in [0.15, 0.2) is 115 Å². The maximum atomic E-state index is 13.2. The Hall–Kier alpha value is -4.91. The minimum absolute atomic E-state index is 0.0928. The number of benzene rings is 4. The van der Waals surface area contributed by atoms with Crippen LogP contribution in [0, 0.1) is 0 Å². The van der Waals surface area contributed by atoms with Gasteiger partial charge in [0.1, 0.15) is 12.6 Å². The number of carbonyl (C=O) groups is 3. The summed E-state index contributed by atoms with van der Waals surface area (Å²) in [5.74, 6) is -0.666. The van der Waals surface area contributed by atoms with Crippen molar-refractivity contribution >= 4 is 29.3 Å². The van der Waals surface area contributed by atoms with Gasteiger partial charge in [0.2, 0.25) is 5.91 Å². The van der Waals surface area contributed by atoms with Gasteiger partial charge in [-0.15, -0.1) is 0 Å². The fourth-order valence-corrected chi connectivity index (χ4v) is 3.66. The highest BCUT2D eigenvalue weighted by Gasteiger charge is 2.22. The summed E-state index contributed by atoms with van der Waals surface area (Å²) in [7, 11) is 0. The third kappa shape index (κ3) is 7.80. The van der Waals surface area contributed by atoms with Gasteiger partial charge in [-0.25, -0.2) is 4.79 Å². The highest BCUT2D eigenvalue weighted by Crippen LogP contribution is 2.17. The van der Waals surface area contributed by atoms with Crippen LogP contribution in [-0.2, 0) is 22.6 Å².